The van der Waals surface area contributed by atoms with E-state index in [-0.39, 0.29) is 74.7 Å². The summed E-state index contributed by atoms with van der Waals surface area (Å²) >= 11 is 0. The van der Waals surface area contributed by atoms with Gasteiger partial charge < -0.3 is 28.4 Å². The monoisotopic (exact) mass is 746 g/mol. The molecule has 0 aromatic carbocycles. The SMILES string of the molecule is CCC(C)(C)C(=O)OCCOCC(=O)OC1(C)C2CC3CC(C2)CC1C3.CCC(C)(C)C(=O)OCCOCC(=O)OC1(CC)C2CC3CC(C2)CC1C3. The minimum absolute atomic E-state index is 0.0667. The Labute approximate surface area is 318 Å². The lowest BCUT2D eigenvalue weighted by atomic mass is 9.49. The summed E-state index contributed by atoms with van der Waals surface area (Å²) in [5.74, 6) is 4.46. The molecule has 8 fully saturated rings. The van der Waals surface area contributed by atoms with Crippen molar-refractivity contribution < 1.29 is 47.6 Å². The number of carbonyl (C=O) groups excluding carboxylic acids is 4. The van der Waals surface area contributed by atoms with E-state index in [0.717, 1.165) is 42.9 Å². The summed E-state index contributed by atoms with van der Waals surface area (Å²) < 4.78 is 33.3. The maximum Gasteiger partial charge on any atom is 0.332 e. The molecular weight excluding hydrogens is 676 g/mol. The fourth-order valence-corrected chi connectivity index (χ4v) is 11.0. The van der Waals surface area contributed by atoms with E-state index in [2.05, 4.69) is 13.8 Å². The largest absolute Gasteiger partial charge is 0.463 e. The highest BCUT2D eigenvalue weighted by molar-refractivity contribution is 5.76. The summed E-state index contributed by atoms with van der Waals surface area (Å²) in [7, 11) is 0. The van der Waals surface area contributed by atoms with Crippen molar-refractivity contribution >= 4 is 23.9 Å². The molecule has 0 aliphatic heterocycles. The Hall–Kier alpha value is -2.20. The van der Waals surface area contributed by atoms with Gasteiger partial charge in [0.05, 0.1) is 24.0 Å². The first-order valence-electron chi connectivity index (χ1n) is 21.0. The van der Waals surface area contributed by atoms with E-state index in [0.29, 0.717) is 23.7 Å². The van der Waals surface area contributed by atoms with Crippen LogP contribution in [-0.4, -0.2) is 74.7 Å². The number of esters is 4. The zero-order valence-electron chi connectivity index (χ0n) is 34.1. The van der Waals surface area contributed by atoms with Crippen molar-refractivity contribution in [2.24, 2.45) is 58.2 Å². The maximum absolute atomic E-state index is 12.4. The first-order chi connectivity index (χ1) is 25.0. The molecule has 0 amide bonds. The van der Waals surface area contributed by atoms with Gasteiger partial charge in [-0.1, -0.05) is 20.8 Å². The third-order valence-corrected chi connectivity index (χ3v) is 14.7. The van der Waals surface area contributed by atoms with Gasteiger partial charge in [-0.05, 0) is 165 Å². The quantitative estimate of drug-likeness (QED) is 0.0825. The molecule has 302 valence electrons. The van der Waals surface area contributed by atoms with Gasteiger partial charge in [-0.15, -0.1) is 0 Å². The molecule has 0 radical (unpaired) electrons. The minimum atomic E-state index is -0.480. The molecule has 8 aliphatic rings. The van der Waals surface area contributed by atoms with E-state index in [4.69, 9.17) is 28.4 Å². The highest BCUT2D eigenvalue weighted by Gasteiger charge is 2.59. The van der Waals surface area contributed by atoms with E-state index >= 15 is 0 Å². The fourth-order valence-electron chi connectivity index (χ4n) is 11.0. The van der Waals surface area contributed by atoms with Crippen LogP contribution in [0.1, 0.15) is 139 Å². The van der Waals surface area contributed by atoms with Crippen molar-refractivity contribution in [1.29, 1.82) is 0 Å². The first kappa shape index (κ1) is 42.0. The van der Waals surface area contributed by atoms with Crippen LogP contribution in [0.5, 0.6) is 0 Å². The van der Waals surface area contributed by atoms with Crippen LogP contribution in [0, 0.1) is 58.2 Å². The van der Waals surface area contributed by atoms with Crippen LogP contribution < -0.4 is 0 Å². The Kier molecular flexibility index (Phi) is 13.7. The van der Waals surface area contributed by atoms with Gasteiger partial charge in [0.15, 0.2) is 0 Å². The second kappa shape index (κ2) is 17.3. The average Bonchev–Trinajstić information content (AvgIpc) is 3.11. The molecule has 0 atom stereocenters. The molecule has 53 heavy (non-hydrogen) atoms. The molecule has 8 bridgehead atoms. The standard InChI is InChI=1S/C22H36O5.C21H34O5/c1-5-21(3,4)20(24)26-8-7-25-14-19(23)27-22(6-2)17-10-15-9-16(12-17)13-18(22)11-15;1-5-20(2,3)19(23)25-7-6-24-13-18(22)26-21(4)16-9-14-8-15(11-16)12-17(21)10-14/h15-18H,5-14H2,1-4H3;14-17H,5-13H2,1-4H3. The second-order valence-corrected chi connectivity index (χ2v) is 18.9. The fraction of sp³-hybridized carbons (Fsp3) is 0.907. The van der Waals surface area contributed by atoms with E-state index in [9.17, 15) is 19.2 Å². The average molecular weight is 747 g/mol. The molecule has 0 aromatic rings. The summed E-state index contributed by atoms with van der Waals surface area (Å²) in [4.78, 5) is 48.5. The van der Waals surface area contributed by atoms with Crippen LogP contribution in [-0.2, 0) is 47.6 Å². The van der Waals surface area contributed by atoms with Crippen molar-refractivity contribution in [3.05, 3.63) is 0 Å². The number of ether oxygens (including phenoxy) is 6. The number of carbonyl (C=O) groups is 4. The Morgan fingerprint density at radius 1 is 0.528 bits per heavy atom. The Balaban J connectivity index is 0.000000204. The second-order valence-electron chi connectivity index (χ2n) is 18.9. The van der Waals surface area contributed by atoms with Gasteiger partial charge in [0.1, 0.15) is 37.6 Å². The predicted octanol–water partition coefficient (Wildman–Crippen LogP) is 7.87. The Morgan fingerprint density at radius 2 is 0.887 bits per heavy atom. The minimum Gasteiger partial charge on any atom is -0.463 e. The molecule has 0 spiro atoms. The molecule has 0 saturated heterocycles. The summed E-state index contributed by atoms with van der Waals surface area (Å²) in [6.45, 7) is 16.3. The molecule has 0 N–H and O–H groups in total. The van der Waals surface area contributed by atoms with Gasteiger partial charge >= 0.3 is 23.9 Å². The van der Waals surface area contributed by atoms with Gasteiger partial charge in [-0.3, -0.25) is 9.59 Å². The van der Waals surface area contributed by atoms with E-state index in [1.54, 1.807) is 0 Å². The third kappa shape index (κ3) is 9.61. The van der Waals surface area contributed by atoms with Crippen molar-refractivity contribution in [1.82, 2.24) is 0 Å². The molecule has 0 aromatic heterocycles. The Bertz CT molecular complexity index is 1230. The lowest BCUT2D eigenvalue weighted by Gasteiger charge is -2.60. The van der Waals surface area contributed by atoms with Crippen molar-refractivity contribution in [3.63, 3.8) is 0 Å². The van der Waals surface area contributed by atoms with E-state index in [1.165, 1.54) is 64.2 Å². The zero-order valence-corrected chi connectivity index (χ0v) is 34.1. The number of hydrogen-bond acceptors (Lipinski definition) is 10. The number of rotatable bonds is 17. The first-order valence-corrected chi connectivity index (χ1v) is 21.0. The normalized spacial score (nSPS) is 34.9. The van der Waals surface area contributed by atoms with E-state index < -0.39 is 10.8 Å². The van der Waals surface area contributed by atoms with Gasteiger partial charge in [0, 0.05) is 0 Å². The summed E-state index contributed by atoms with van der Waals surface area (Å²) in [5, 5.41) is 0. The predicted molar refractivity (Wildman–Crippen MR) is 199 cm³/mol. The van der Waals surface area contributed by atoms with Crippen LogP contribution >= 0.6 is 0 Å². The van der Waals surface area contributed by atoms with Gasteiger partial charge in [-0.2, -0.15) is 0 Å². The molecule has 8 rings (SSSR count). The van der Waals surface area contributed by atoms with Crippen LogP contribution in [0.3, 0.4) is 0 Å². The lowest BCUT2D eigenvalue weighted by Crippen LogP contribution is -2.59. The molecule has 0 unspecified atom stereocenters. The number of hydrogen-bond donors (Lipinski definition) is 0. The van der Waals surface area contributed by atoms with Crippen LogP contribution in [0.4, 0.5) is 0 Å². The highest BCUT2D eigenvalue weighted by atomic mass is 16.6. The molecule has 10 heteroatoms. The van der Waals surface area contributed by atoms with Crippen molar-refractivity contribution in [3.8, 4) is 0 Å². The molecular formula is C43H70O10. The molecule has 8 aliphatic carbocycles. The molecule has 8 saturated carbocycles. The lowest BCUT2D eigenvalue weighted by molar-refractivity contribution is -0.214. The van der Waals surface area contributed by atoms with Crippen molar-refractivity contribution in [2.45, 2.75) is 150 Å². The topological polar surface area (TPSA) is 124 Å². The molecule has 10 nitrogen and oxygen atoms in total. The highest BCUT2D eigenvalue weighted by Crippen LogP contribution is 2.61. The Morgan fingerprint density at radius 3 is 1.25 bits per heavy atom. The van der Waals surface area contributed by atoms with Crippen LogP contribution in [0.25, 0.3) is 0 Å². The van der Waals surface area contributed by atoms with Gasteiger partial charge in [0.2, 0.25) is 0 Å². The summed E-state index contributed by atoms with van der Waals surface area (Å²) in [6, 6.07) is 0. The summed E-state index contributed by atoms with van der Waals surface area (Å²) in [5.41, 5.74) is -1.55. The molecule has 0 heterocycles. The maximum atomic E-state index is 12.4. The smallest absolute Gasteiger partial charge is 0.332 e. The van der Waals surface area contributed by atoms with Crippen LogP contribution in [0.15, 0.2) is 0 Å². The van der Waals surface area contributed by atoms with Gasteiger partial charge in [-0.25, -0.2) is 9.59 Å². The van der Waals surface area contributed by atoms with E-state index in [1.807, 2.05) is 41.5 Å². The third-order valence-electron chi connectivity index (χ3n) is 14.7. The van der Waals surface area contributed by atoms with Crippen molar-refractivity contribution in [2.75, 3.05) is 39.6 Å². The summed E-state index contributed by atoms with van der Waals surface area (Å²) in [6.07, 6.45) is 14.8. The van der Waals surface area contributed by atoms with Crippen LogP contribution in [0.2, 0.25) is 0 Å². The zero-order chi connectivity index (χ0) is 38.6. The van der Waals surface area contributed by atoms with Gasteiger partial charge in [0.25, 0.3) is 0 Å².